The van der Waals surface area contributed by atoms with Gasteiger partial charge in [0.15, 0.2) is 0 Å². The van der Waals surface area contributed by atoms with Crippen molar-refractivity contribution >= 4 is 0 Å². The molecule has 94 valence electrons. The number of nitrogens with zero attached hydrogens (tertiary/aromatic N) is 1. The summed E-state index contributed by atoms with van der Waals surface area (Å²) in [6.07, 6.45) is 7.02. The molecule has 17 heavy (non-hydrogen) atoms. The molecule has 3 nitrogen and oxygen atoms in total. The van der Waals surface area contributed by atoms with Crippen molar-refractivity contribution < 1.29 is 5.11 Å². The van der Waals surface area contributed by atoms with Crippen molar-refractivity contribution in [2.75, 3.05) is 6.54 Å². The molecule has 0 aliphatic heterocycles. The summed E-state index contributed by atoms with van der Waals surface area (Å²) >= 11 is 0. The van der Waals surface area contributed by atoms with E-state index in [-0.39, 0.29) is 5.75 Å². The molecule has 1 saturated carbocycles. The molecule has 2 N–H and O–H groups in total. The third-order valence-corrected chi connectivity index (χ3v) is 3.81. The molecule has 0 radical (unpaired) electrons. The van der Waals surface area contributed by atoms with Crippen LogP contribution in [-0.2, 0) is 6.54 Å². The minimum atomic E-state index is 0.231. The Balaban J connectivity index is 1.73. The number of aromatic hydroxyl groups is 1. The summed E-state index contributed by atoms with van der Waals surface area (Å²) in [7, 11) is 0. The highest BCUT2D eigenvalue weighted by atomic mass is 16.3. The minimum Gasteiger partial charge on any atom is -0.506 e. The molecular weight excluding hydrogens is 212 g/mol. The van der Waals surface area contributed by atoms with Crippen LogP contribution in [0.4, 0.5) is 0 Å². The molecule has 1 aromatic heterocycles. The Morgan fingerprint density at radius 2 is 2.18 bits per heavy atom. The van der Waals surface area contributed by atoms with Crippen LogP contribution >= 0.6 is 0 Å². The van der Waals surface area contributed by atoms with Gasteiger partial charge in [-0.05, 0) is 36.9 Å². The number of hydrogen-bond donors (Lipinski definition) is 2. The van der Waals surface area contributed by atoms with E-state index in [0.717, 1.165) is 30.6 Å². The zero-order chi connectivity index (χ0) is 12.1. The molecule has 2 rings (SSSR count). The first kappa shape index (κ1) is 12.4. The third kappa shape index (κ3) is 3.70. The van der Waals surface area contributed by atoms with E-state index in [9.17, 15) is 0 Å². The van der Waals surface area contributed by atoms with Crippen molar-refractivity contribution in [2.24, 2.45) is 11.8 Å². The fraction of sp³-hybridized carbons (Fsp3) is 0.643. The van der Waals surface area contributed by atoms with Crippen LogP contribution in [-0.4, -0.2) is 16.6 Å². The molecular formula is C14H22N2O. The van der Waals surface area contributed by atoms with Crippen LogP contribution in [0.1, 0.15) is 38.3 Å². The Labute approximate surface area is 103 Å². The number of hydrogen-bond acceptors (Lipinski definition) is 3. The summed E-state index contributed by atoms with van der Waals surface area (Å²) in [5.41, 5.74) is 0.992. The van der Waals surface area contributed by atoms with Crippen molar-refractivity contribution in [1.29, 1.82) is 0 Å². The van der Waals surface area contributed by atoms with Gasteiger partial charge in [0.05, 0.1) is 11.9 Å². The van der Waals surface area contributed by atoms with E-state index in [4.69, 9.17) is 5.11 Å². The summed E-state index contributed by atoms with van der Waals surface area (Å²) in [6.45, 7) is 4.25. The lowest BCUT2D eigenvalue weighted by molar-refractivity contribution is 0.247. The molecule has 1 aliphatic rings. The van der Waals surface area contributed by atoms with Gasteiger partial charge in [-0.15, -0.1) is 0 Å². The van der Waals surface area contributed by atoms with Crippen molar-refractivity contribution in [3.8, 4) is 5.75 Å². The lowest BCUT2D eigenvalue weighted by Crippen LogP contribution is -2.29. The van der Waals surface area contributed by atoms with E-state index >= 15 is 0 Å². The Bertz CT molecular complexity index is 337. The predicted molar refractivity (Wildman–Crippen MR) is 68.7 cm³/mol. The Morgan fingerprint density at radius 1 is 1.35 bits per heavy atom. The Hall–Kier alpha value is -1.09. The van der Waals surface area contributed by atoms with Gasteiger partial charge in [-0.25, -0.2) is 0 Å². The maximum Gasteiger partial charge on any atom is 0.133 e. The monoisotopic (exact) mass is 234 g/mol. The second-order valence-electron chi connectivity index (χ2n) is 5.16. The van der Waals surface area contributed by atoms with Gasteiger partial charge in [0.2, 0.25) is 0 Å². The lowest BCUT2D eigenvalue weighted by atomic mass is 9.80. The Morgan fingerprint density at radius 3 is 2.88 bits per heavy atom. The van der Waals surface area contributed by atoms with Gasteiger partial charge in [-0.1, -0.05) is 26.2 Å². The van der Waals surface area contributed by atoms with Gasteiger partial charge in [0, 0.05) is 6.54 Å². The summed E-state index contributed by atoms with van der Waals surface area (Å²) in [6, 6.07) is 3.56. The van der Waals surface area contributed by atoms with Crippen molar-refractivity contribution in [3.63, 3.8) is 0 Å². The fourth-order valence-corrected chi connectivity index (χ4v) is 2.60. The zero-order valence-electron chi connectivity index (χ0n) is 10.5. The molecule has 2 unspecified atom stereocenters. The molecule has 1 heterocycles. The van der Waals surface area contributed by atoms with E-state index in [1.165, 1.54) is 31.9 Å². The zero-order valence-corrected chi connectivity index (χ0v) is 10.5. The summed E-state index contributed by atoms with van der Waals surface area (Å²) < 4.78 is 0. The summed E-state index contributed by atoms with van der Waals surface area (Å²) in [5.74, 6) is 1.90. The van der Waals surface area contributed by atoms with Crippen molar-refractivity contribution in [3.05, 3.63) is 24.0 Å². The maximum atomic E-state index is 9.14. The van der Waals surface area contributed by atoms with E-state index in [1.54, 1.807) is 6.07 Å². The van der Waals surface area contributed by atoms with Gasteiger partial charge < -0.3 is 10.4 Å². The smallest absolute Gasteiger partial charge is 0.133 e. The van der Waals surface area contributed by atoms with Gasteiger partial charge in [-0.2, -0.15) is 0 Å². The molecule has 0 aromatic carbocycles. The highest BCUT2D eigenvalue weighted by Crippen LogP contribution is 2.28. The van der Waals surface area contributed by atoms with Crippen molar-refractivity contribution in [1.82, 2.24) is 10.3 Å². The first-order valence-corrected chi connectivity index (χ1v) is 6.60. The number of nitrogens with one attached hydrogen (secondary N) is 1. The van der Waals surface area contributed by atoms with E-state index < -0.39 is 0 Å². The highest BCUT2D eigenvalue weighted by molar-refractivity contribution is 5.17. The number of aromatic nitrogens is 1. The molecule has 3 heteroatoms. The topological polar surface area (TPSA) is 45.1 Å². The van der Waals surface area contributed by atoms with Gasteiger partial charge >= 0.3 is 0 Å². The molecule has 0 bridgehead atoms. The first-order valence-electron chi connectivity index (χ1n) is 6.60. The normalized spacial score (nSPS) is 24.8. The quantitative estimate of drug-likeness (QED) is 0.842. The van der Waals surface area contributed by atoms with Crippen LogP contribution in [0.5, 0.6) is 5.75 Å². The number of pyridine rings is 1. The van der Waals surface area contributed by atoms with Gasteiger partial charge in [0.25, 0.3) is 0 Å². The summed E-state index contributed by atoms with van der Waals surface area (Å²) in [5, 5.41) is 12.6. The van der Waals surface area contributed by atoms with Crippen LogP contribution in [0.3, 0.4) is 0 Å². The van der Waals surface area contributed by atoms with E-state index in [1.807, 2.05) is 6.07 Å². The molecule has 1 aromatic rings. The van der Waals surface area contributed by atoms with Crippen LogP contribution in [0.25, 0.3) is 0 Å². The maximum absolute atomic E-state index is 9.14. The fourth-order valence-electron chi connectivity index (χ4n) is 2.60. The van der Waals surface area contributed by atoms with Gasteiger partial charge in [0.1, 0.15) is 5.75 Å². The third-order valence-electron chi connectivity index (χ3n) is 3.81. The van der Waals surface area contributed by atoms with Crippen molar-refractivity contribution in [2.45, 2.75) is 39.2 Å². The second kappa shape index (κ2) is 6.01. The molecule has 0 amide bonds. The van der Waals surface area contributed by atoms with Crippen LogP contribution in [0.15, 0.2) is 18.3 Å². The Kier molecular flexibility index (Phi) is 4.37. The lowest BCUT2D eigenvalue weighted by Gasteiger charge is -2.28. The molecule has 2 atom stereocenters. The SMILES string of the molecule is CC1CCCCC1CNCc1ccc(O)cn1. The second-order valence-corrected chi connectivity index (χ2v) is 5.16. The predicted octanol–water partition coefficient (Wildman–Crippen LogP) is 2.70. The number of rotatable bonds is 4. The average molecular weight is 234 g/mol. The average Bonchev–Trinajstić information content (AvgIpc) is 2.34. The largest absolute Gasteiger partial charge is 0.506 e. The standard InChI is InChI=1S/C14H22N2O/c1-11-4-2-3-5-12(11)8-15-9-13-6-7-14(17)10-16-13/h6-7,10-12,15,17H,2-5,8-9H2,1H3. The van der Waals surface area contributed by atoms with Gasteiger partial charge in [-0.3, -0.25) is 4.98 Å². The van der Waals surface area contributed by atoms with Crippen LogP contribution < -0.4 is 5.32 Å². The highest BCUT2D eigenvalue weighted by Gasteiger charge is 2.20. The molecule has 0 spiro atoms. The molecule has 1 aliphatic carbocycles. The summed E-state index contributed by atoms with van der Waals surface area (Å²) in [4.78, 5) is 4.17. The van der Waals surface area contributed by atoms with E-state index in [2.05, 4.69) is 17.2 Å². The van der Waals surface area contributed by atoms with E-state index in [0.29, 0.717) is 0 Å². The first-order chi connectivity index (χ1) is 8.25. The van der Waals surface area contributed by atoms with Crippen LogP contribution in [0, 0.1) is 11.8 Å². The van der Waals surface area contributed by atoms with Crippen LogP contribution in [0.2, 0.25) is 0 Å². The minimum absolute atomic E-state index is 0.231. The molecule has 1 fully saturated rings. The molecule has 0 saturated heterocycles.